The lowest BCUT2D eigenvalue weighted by Gasteiger charge is -2.01. The summed E-state index contributed by atoms with van der Waals surface area (Å²) < 4.78 is 2.72. The van der Waals surface area contributed by atoms with E-state index in [1.165, 1.54) is 0 Å². The van der Waals surface area contributed by atoms with Gasteiger partial charge in [0.15, 0.2) is 5.78 Å². The van der Waals surface area contributed by atoms with E-state index in [2.05, 4.69) is 5.10 Å². The van der Waals surface area contributed by atoms with Gasteiger partial charge in [-0.1, -0.05) is 12.1 Å². The summed E-state index contributed by atoms with van der Waals surface area (Å²) in [5.41, 5.74) is 2.22. The molecule has 0 saturated carbocycles. The second-order valence-corrected chi connectivity index (χ2v) is 5.19. The number of hydrogen-bond acceptors (Lipinski definition) is 3. The Kier molecular flexibility index (Phi) is 2.52. The van der Waals surface area contributed by atoms with Crippen molar-refractivity contribution in [1.29, 1.82) is 0 Å². The predicted molar refractivity (Wildman–Crippen MR) is 73.2 cm³/mol. The highest BCUT2D eigenvalue weighted by Gasteiger charge is 2.17. The highest BCUT2D eigenvalue weighted by molar-refractivity contribution is 7.17. The normalized spacial score (nSPS) is 11.0. The molecule has 0 aliphatic carbocycles. The number of benzene rings is 1. The molecule has 4 heteroatoms. The average molecular weight is 256 g/mol. The maximum Gasteiger partial charge on any atom is 0.197 e. The van der Waals surface area contributed by atoms with Crippen molar-refractivity contribution in [3.8, 4) is 0 Å². The molecule has 2 aromatic heterocycles. The van der Waals surface area contributed by atoms with Gasteiger partial charge >= 0.3 is 0 Å². The Labute approximate surface area is 109 Å². The van der Waals surface area contributed by atoms with Crippen LogP contribution in [0.3, 0.4) is 0 Å². The van der Waals surface area contributed by atoms with E-state index < -0.39 is 0 Å². The molecule has 0 atom stereocenters. The van der Waals surface area contributed by atoms with Gasteiger partial charge in [0.1, 0.15) is 0 Å². The van der Waals surface area contributed by atoms with Crippen LogP contribution >= 0.6 is 11.3 Å². The molecule has 0 N–H and O–H groups in total. The van der Waals surface area contributed by atoms with Crippen molar-refractivity contribution in [2.24, 2.45) is 7.05 Å². The van der Waals surface area contributed by atoms with Gasteiger partial charge in [-0.15, -0.1) is 11.3 Å². The number of hydrogen-bond donors (Lipinski definition) is 0. The van der Waals surface area contributed by atoms with Crippen LogP contribution in [-0.4, -0.2) is 15.6 Å². The van der Waals surface area contributed by atoms with Crippen molar-refractivity contribution >= 4 is 27.2 Å². The third-order valence-corrected chi connectivity index (χ3v) is 3.95. The second-order valence-electron chi connectivity index (χ2n) is 4.28. The van der Waals surface area contributed by atoms with Crippen molar-refractivity contribution < 1.29 is 4.79 Å². The van der Waals surface area contributed by atoms with Crippen LogP contribution in [0.1, 0.15) is 21.6 Å². The Bertz CT molecular complexity index is 739. The van der Waals surface area contributed by atoms with Crippen molar-refractivity contribution in [3.05, 3.63) is 52.7 Å². The summed E-state index contributed by atoms with van der Waals surface area (Å²) >= 11 is 1.60. The first kappa shape index (κ1) is 11.2. The first-order valence-corrected chi connectivity index (χ1v) is 6.56. The third kappa shape index (κ3) is 1.66. The maximum absolute atomic E-state index is 12.5. The van der Waals surface area contributed by atoms with Gasteiger partial charge < -0.3 is 0 Å². The molecule has 0 saturated heterocycles. The van der Waals surface area contributed by atoms with Gasteiger partial charge in [-0.3, -0.25) is 9.48 Å². The van der Waals surface area contributed by atoms with Gasteiger partial charge in [-0.05, 0) is 29.8 Å². The number of nitrogens with zero attached hydrogens (tertiary/aromatic N) is 2. The first-order chi connectivity index (χ1) is 8.66. The minimum absolute atomic E-state index is 0.0497. The second kappa shape index (κ2) is 4.07. The van der Waals surface area contributed by atoms with Crippen LogP contribution in [0.15, 0.2) is 35.8 Å². The lowest BCUT2D eigenvalue weighted by Crippen LogP contribution is -2.01. The highest BCUT2D eigenvalue weighted by Crippen LogP contribution is 2.27. The molecule has 0 unspecified atom stereocenters. The third-order valence-electron chi connectivity index (χ3n) is 2.98. The fraction of sp³-hybridized carbons (Fsp3) is 0.143. The zero-order valence-electron chi connectivity index (χ0n) is 10.2. The molecule has 90 valence electrons. The fourth-order valence-electron chi connectivity index (χ4n) is 2.14. The molecule has 3 nitrogen and oxygen atoms in total. The number of ketones is 1. The molecule has 0 aliphatic heterocycles. The molecule has 18 heavy (non-hydrogen) atoms. The fourth-order valence-corrected chi connectivity index (χ4v) is 3.05. The minimum Gasteiger partial charge on any atom is -0.288 e. The molecule has 0 bridgehead atoms. The van der Waals surface area contributed by atoms with Crippen molar-refractivity contribution in [2.45, 2.75) is 6.92 Å². The quantitative estimate of drug-likeness (QED) is 0.660. The Morgan fingerprint density at radius 2 is 2.11 bits per heavy atom. The summed E-state index contributed by atoms with van der Waals surface area (Å²) in [6.07, 6.45) is 1.78. The van der Waals surface area contributed by atoms with Crippen molar-refractivity contribution in [3.63, 3.8) is 0 Å². The number of aromatic nitrogens is 2. The molecule has 3 rings (SSSR count). The number of carbonyl (C=O) groups excluding carboxylic acids is 1. The summed E-state index contributed by atoms with van der Waals surface area (Å²) in [7, 11) is 1.83. The van der Waals surface area contributed by atoms with Gasteiger partial charge in [-0.25, -0.2) is 0 Å². The molecule has 2 heterocycles. The Balaban J connectivity index is 2.18. The highest BCUT2D eigenvalue weighted by atomic mass is 32.1. The molecule has 3 aromatic rings. The van der Waals surface area contributed by atoms with Gasteiger partial charge in [-0.2, -0.15) is 5.10 Å². The number of rotatable bonds is 2. The van der Waals surface area contributed by atoms with E-state index >= 15 is 0 Å². The zero-order valence-corrected chi connectivity index (χ0v) is 11.0. The number of thiophene rings is 1. The first-order valence-electron chi connectivity index (χ1n) is 5.68. The summed E-state index contributed by atoms with van der Waals surface area (Å²) in [6.45, 7) is 1.86. The van der Waals surface area contributed by atoms with E-state index in [0.717, 1.165) is 21.3 Å². The van der Waals surface area contributed by atoms with Crippen LogP contribution in [-0.2, 0) is 7.05 Å². The number of aryl methyl sites for hydroxylation is 2. The standard InChI is InChI=1S/C14H12N2OS/c1-9-12(8-16(2)15-9)13(17)11-5-3-4-10-6-7-18-14(10)11/h3-8H,1-2H3. The largest absolute Gasteiger partial charge is 0.288 e. The molecular weight excluding hydrogens is 244 g/mol. The summed E-state index contributed by atoms with van der Waals surface area (Å²) in [5.74, 6) is 0.0497. The van der Waals surface area contributed by atoms with E-state index in [1.807, 2.05) is 43.6 Å². The molecule has 0 aliphatic rings. The van der Waals surface area contributed by atoms with Crippen molar-refractivity contribution in [1.82, 2.24) is 9.78 Å². The van der Waals surface area contributed by atoms with E-state index in [1.54, 1.807) is 22.2 Å². The summed E-state index contributed by atoms with van der Waals surface area (Å²) in [6, 6.07) is 7.87. The van der Waals surface area contributed by atoms with Gasteiger partial charge in [0, 0.05) is 23.5 Å². The van der Waals surface area contributed by atoms with Crippen molar-refractivity contribution in [2.75, 3.05) is 0 Å². The summed E-state index contributed by atoms with van der Waals surface area (Å²) in [5, 5.41) is 7.35. The van der Waals surface area contributed by atoms with Crippen LogP contribution in [0.25, 0.3) is 10.1 Å². The summed E-state index contributed by atoms with van der Waals surface area (Å²) in [4.78, 5) is 12.5. The van der Waals surface area contributed by atoms with Crippen LogP contribution in [0.5, 0.6) is 0 Å². The van der Waals surface area contributed by atoms with E-state index in [9.17, 15) is 4.79 Å². The maximum atomic E-state index is 12.5. The van der Waals surface area contributed by atoms with Crippen LogP contribution in [0.2, 0.25) is 0 Å². The zero-order chi connectivity index (χ0) is 12.7. The van der Waals surface area contributed by atoms with Gasteiger partial charge in [0.2, 0.25) is 0 Å². The SMILES string of the molecule is Cc1nn(C)cc1C(=O)c1cccc2ccsc12. The predicted octanol–water partition coefficient (Wildman–Crippen LogP) is 3.17. The number of fused-ring (bicyclic) bond motifs is 1. The Hall–Kier alpha value is -1.94. The molecule has 0 amide bonds. The smallest absolute Gasteiger partial charge is 0.197 e. The van der Waals surface area contributed by atoms with Crippen LogP contribution in [0.4, 0.5) is 0 Å². The monoisotopic (exact) mass is 256 g/mol. The molecule has 0 spiro atoms. The van der Waals surface area contributed by atoms with Crippen LogP contribution in [0, 0.1) is 6.92 Å². The lowest BCUT2D eigenvalue weighted by atomic mass is 10.0. The molecule has 0 radical (unpaired) electrons. The van der Waals surface area contributed by atoms with E-state index in [4.69, 9.17) is 0 Å². The molecule has 1 aromatic carbocycles. The molecular formula is C14H12N2OS. The Morgan fingerprint density at radius 1 is 1.28 bits per heavy atom. The Morgan fingerprint density at radius 3 is 2.83 bits per heavy atom. The average Bonchev–Trinajstić information content (AvgIpc) is 2.94. The number of carbonyl (C=O) groups is 1. The van der Waals surface area contributed by atoms with Crippen LogP contribution < -0.4 is 0 Å². The molecule has 0 fully saturated rings. The van der Waals surface area contributed by atoms with E-state index in [-0.39, 0.29) is 5.78 Å². The van der Waals surface area contributed by atoms with Gasteiger partial charge in [0.05, 0.1) is 11.3 Å². The lowest BCUT2D eigenvalue weighted by molar-refractivity contribution is 0.104. The van der Waals surface area contributed by atoms with Gasteiger partial charge in [0.25, 0.3) is 0 Å². The topological polar surface area (TPSA) is 34.9 Å². The van der Waals surface area contributed by atoms with E-state index in [0.29, 0.717) is 5.56 Å². The minimum atomic E-state index is 0.0497.